The number of hydrogen-bond acceptors (Lipinski definition) is 11. The molecule has 0 radical (unpaired) electrons. The number of esters is 2. The lowest BCUT2D eigenvalue weighted by Gasteiger charge is -2.29. The minimum atomic E-state index is -1.24. The predicted molar refractivity (Wildman–Crippen MR) is 188 cm³/mol. The Kier molecular flexibility index (Phi) is 11.2. The summed E-state index contributed by atoms with van der Waals surface area (Å²) in [7, 11) is 4.08. The summed E-state index contributed by atoms with van der Waals surface area (Å²) in [6, 6.07) is 3.03. The highest BCUT2D eigenvalue weighted by Gasteiger charge is 2.62. The summed E-state index contributed by atoms with van der Waals surface area (Å²) in [5, 5.41) is 6.35. The minimum absolute atomic E-state index is 0.00611. The molecule has 1 aromatic carbocycles. The van der Waals surface area contributed by atoms with Crippen LogP contribution in [0, 0.1) is 12.8 Å². The molecule has 14 heteroatoms. The van der Waals surface area contributed by atoms with E-state index in [9.17, 15) is 24.0 Å². The van der Waals surface area contributed by atoms with E-state index in [-0.39, 0.29) is 30.7 Å². The maximum atomic E-state index is 14.5. The molecule has 3 amide bonds. The van der Waals surface area contributed by atoms with Crippen LogP contribution in [-0.2, 0) is 28.6 Å². The van der Waals surface area contributed by atoms with Crippen molar-refractivity contribution >= 4 is 40.7 Å². The van der Waals surface area contributed by atoms with Gasteiger partial charge < -0.3 is 39.2 Å². The number of aromatic nitrogens is 1. The van der Waals surface area contributed by atoms with Gasteiger partial charge in [0.25, 0.3) is 0 Å². The van der Waals surface area contributed by atoms with E-state index in [0.29, 0.717) is 47.2 Å². The Morgan fingerprint density at radius 2 is 1.73 bits per heavy atom. The van der Waals surface area contributed by atoms with Crippen molar-refractivity contribution in [2.24, 2.45) is 5.92 Å². The molecule has 3 fully saturated rings. The van der Waals surface area contributed by atoms with Gasteiger partial charge in [-0.3, -0.25) is 9.59 Å². The third-order valence-corrected chi connectivity index (χ3v) is 10.7. The Morgan fingerprint density at radius 1 is 0.962 bits per heavy atom. The quantitative estimate of drug-likeness (QED) is 0.238. The van der Waals surface area contributed by atoms with E-state index in [4.69, 9.17) is 23.7 Å². The summed E-state index contributed by atoms with van der Waals surface area (Å²) < 4.78 is 27.8. The van der Waals surface area contributed by atoms with Crippen LogP contribution in [0.4, 0.5) is 4.79 Å². The molecule has 0 spiro atoms. The third kappa shape index (κ3) is 7.65. The van der Waals surface area contributed by atoms with Crippen LogP contribution in [0.15, 0.2) is 30.4 Å². The summed E-state index contributed by atoms with van der Waals surface area (Å²) in [4.78, 5) is 73.5. The van der Waals surface area contributed by atoms with Gasteiger partial charge in [0.1, 0.15) is 41.3 Å². The van der Waals surface area contributed by atoms with Crippen LogP contribution in [-0.4, -0.2) is 97.4 Å². The molecule has 2 aliphatic heterocycles. The number of fused-ring (bicyclic) bond motifs is 3. The average Bonchev–Trinajstić information content (AvgIpc) is 3.42. The highest BCUT2D eigenvalue weighted by Crippen LogP contribution is 2.46. The number of hydrogen-bond donors (Lipinski definition) is 2. The number of rotatable bonds is 7. The number of pyridine rings is 1. The summed E-state index contributed by atoms with van der Waals surface area (Å²) in [6.07, 6.45) is 9.84. The van der Waals surface area contributed by atoms with E-state index in [1.807, 2.05) is 19.1 Å². The Labute approximate surface area is 302 Å². The number of carbonyl (C=O) groups is 5. The van der Waals surface area contributed by atoms with Crippen LogP contribution < -0.4 is 20.1 Å². The van der Waals surface area contributed by atoms with Crippen LogP contribution in [0.2, 0.25) is 0 Å². The second kappa shape index (κ2) is 15.8. The first kappa shape index (κ1) is 36.9. The molecule has 1 aromatic heterocycles. The van der Waals surface area contributed by atoms with Gasteiger partial charge in [-0.1, -0.05) is 25.0 Å². The monoisotopic (exact) mass is 720 g/mol. The maximum Gasteiger partial charge on any atom is 0.408 e. The van der Waals surface area contributed by atoms with Gasteiger partial charge >= 0.3 is 18.0 Å². The first-order chi connectivity index (χ1) is 25.1. The summed E-state index contributed by atoms with van der Waals surface area (Å²) >= 11 is 0. The van der Waals surface area contributed by atoms with Crippen molar-refractivity contribution < 1.29 is 47.7 Å². The van der Waals surface area contributed by atoms with Crippen molar-refractivity contribution in [3.05, 3.63) is 41.6 Å². The fourth-order valence-electron chi connectivity index (χ4n) is 7.74. The average molecular weight is 721 g/mol. The molecule has 0 bridgehead atoms. The number of nitrogens with one attached hydrogen (secondary N) is 2. The molecule has 280 valence electrons. The van der Waals surface area contributed by atoms with Crippen LogP contribution in [0.1, 0.15) is 86.7 Å². The zero-order valence-electron chi connectivity index (χ0n) is 30.2. The van der Waals surface area contributed by atoms with Gasteiger partial charge in [0.15, 0.2) is 5.69 Å². The molecule has 14 nitrogen and oxygen atoms in total. The molecule has 6 rings (SSSR count). The second-order valence-corrected chi connectivity index (χ2v) is 14.1. The number of alkyl carbamates (subject to hydrolysis) is 1. The van der Waals surface area contributed by atoms with Crippen molar-refractivity contribution in [3.63, 3.8) is 0 Å². The lowest BCUT2D eigenvalue weighted by atomic mass is 10.0. The number of methoxy groups -OCH3 is 3. The molecule has 3 heterocycles. The highest BCUT2D eigenvalue weighted by molar-refractivity contribution is 5.97. The van der Waals surface area contributed by atoms with Crippen molar-refractivity contribution in [1.29, 1.82) is 0 Å². The molecule has 2 saturated carbocycles. The normalized spacial score (nSPS) is 27.3. The molecule has 2 N–H and O–H groups in total. The Hall–Kier alpha value is -4.88. The fourth-order valence-corrected chi connectivity index (χ4v) is 7.74. The van der Waals surface area contributed by atoms with Gasteiger partial charge in [-0.05, 0) is 70.4 Å². The van der Waals surface area contributed by atoms with E-state index in [2.05, 4.69) is 15.6 Å². The first-order valence-corrected chi connectivity index (χ1v) is 18.2. The van der Waals surface area contributed by atoms with Crippen molar-refractivity contribution in [2.45, 2.75) is 107 Å². The second-order valence-electron chi connectivity index (χ2n) is 14.1. The van der Waals surface area contributed by atoms with E-state index in [1.165, 1.54) is 32.3 Å². The smallest absolute Gasteiger partial charge is 0.408 e. The maximum absolute atomic E-state index is 14.5. The van der Waals surface area contributed by atoms with Gasteiger partial charge in [0.05, 0.1) is 33.4 Å². The third-order valence-electron chi connectivity index (χ3n) is 10.7. The minimum Gasteiger partial charge on any atom is -0.496 e. The Balaban J connectivity index is 1.33. The van der Waals surface area contributed by atoms with Gasteiger partial charge in [0.2, 0.25) is 11.8 Å². The van der Waals surface area contributed by atoms with Gasteiger partial charge in [-0.15, -0.1) is 0 Å². The predicted octanol–water partition coefficient (Wildman–Crippen LogP) is 4.29. The number of benzene rings is 1. The number of allylic oxidation sites excluding steroid dienone is 1. The van der Waals surface area contributed by atoms with E-state index in [1.54, 1.807) is 12.1 Å². The number of ether oxygens (including phenoxy) is 5. The summed E-state index contributed by atoms with van der Waals surface area (Å²) in [6.45, 7) is 1.81. The van der Waals surface area contributed by atoms with Crippen LogP contribution in [0.3, 0.4) is 0 Å². The van der Waals surface area contributed by atoms with E-state index in [0.717, 1.165) is 44.9 Å². The Morgan fingerprint density at radius 3 is 2.46 bits per heavy atom. The lowest BCUT2D eigenvalue weighted by Crippen LogP contribution is -2.56. The number of carbonyl (C=O) groups excluding carboxylic acids is 5. The molecule has 1 unspecified atom stereocenters. The van der Waals surface area contributed by atoms with Gasteiger partial charge in [0, 0.05) is 29.4 Å². The van der Waals surface area contributed by atoms with Gasteiger partial charge in [-0.2, -0.15) is 0 Å². The number of aryl methyl sites for hydroxylation is 1. The van der Waals surface area contributed by atoms with Crippen LogP contribution in [0.25, 0.3) is 10.9 Å². The van der Waals surface area contributed by atoms with Crippen LogP contribution >= 0.6 is 0 Å². The van der Waals surface area contributed by atoms with Crippen molar-refractivity contribution in [3.8, 4) is 11.5 Å². The van der Waals surface area contributed by atoms with E-state index < -0.39 is 53.6 Å². The van der Waals surface area contributed by atoms with Gasteiger partial charge in [-0.25, -0.2) is 19.4 Å². The Bertz CT molecular complexity index is 1740. The molecular weight excluding hydrogens is 672 g/mol. The molecule has 2 aromatic rings. The van der Waals surface area contributed by atoms with Crippen molar-refractivity contribution in [1.82, 2.24) is 20.5 Å². The van der Waals surface area contributed by atoms with Crippen LogP contribution in [0.5, 0.6) is 11.5 Å². The van der Waals surface area contributed by atoms with Crippen molar-refractivity contribution in [2.75, 3.05) is 27.9 Å². The topological polar surface area (TPSA) is 172 Å². The zero-order chi connectivity index (χ0) is 37.0. The first-order valence-electron chi connectivity index (χ1n) is 18.2. The molecule has 4 aliphatic rings. The molecule has 2 aliphatic carbocycles. The number of amides is 3. The lowest BCUT2D eigenvalue weighted by molar-refractivity contribution is -0.148. The molecule has 5 atom stereocenters. The summed E-state index contributed by atoms with van der Waals surface area (Å²) in [5.74, 6) is -1.56. The largest absolute Gasteiger partial charge is 0.496 e. The number of nitrogens with zero attached hydrogens (tertiary/aromatic N) is 2. The molecule has 52 heavy (non-hydrogen) atoms. The molecular formula is C38H48N4O10. The SMILES string of the molecule is COC(=O)c1cc(O[C@@H]2C[C@H]3C(=O)N[C@]4(C(=O)OC)CC4/C=C\CCCCC[C@H](NC(=O)OC4CCCC4)C(=O)N3C2)c2ccc(OC)c(C)c2n1. The standard InChI is InChI=1S/C38H48N4O10/c1-22-30(48-2)17-16-26-31(19-28(35(45)49-3)39-32(22)26)51-25-18-29-33(43)41-38(36(46)50-4)20-23(38)12-8-6-5-7-9-15-27(34(44)42(29)21-25)40-37(47)52-24-13-10-11-14-24/h8,12,16-17,19,23-25,27,29H,5-7,9-11,13-15,18,20-21H2,1-4H3,(H,40,47)(H,41,43)/b12-8-/t23?,25-,27+,29+,38-/m1/s1. The van der Waals surface area contributed by atoms with E-state index >= 15 is 0 Å². The highest BCUT2D eigenvalue weighted by atomic mass is 16.6. The summed E-state index contributed by atoms with van der Waals surface area (Å²) in [5.41, 5.74) is -0.0758. The fraction of sp³-hybridized carbons (Fsp3) is 0.579. The zero-order valence-corrected chi connectivity index (χ0v) is 30.2. The molecule has 1 saturated heterocycles.